The van der Waals surface area contributed by atoms with Gasteiger partial charge in [-0.3, -0.25) is 9.59 Å². The van der Waals surface area contributed by atoms with Crippen LogP contribution in [0.3, 0.4) is 0 Å². The van der Waals surface area contributed by atoms with E-state index in [-0.39, 0.29) is 25.5 Å². The van der Waals surface area contributed by atoms with Crippen LogP contribution in [-0.2, 0) is 28.5 Å². The minimum Gasteiger partial charge on any atom is -0.394 e. The van der Waals surface area contributed by atoms with Gasteiger partial charge < -0.3 is 49.8 Å². The first-order chi connectivity index (χ1) is 14.3. The van der Waals surface area contributed by atoms with E-state index in [2.05, 4.69) is 5.32 Å². The third-order valence-corrected chi connectivity index (χ3v) is 3.78. The Labute approximate surface area is 175 Å². The van der Waals surface area contributed by atoms with Gasteiger partial charge in [0.25, 0.3) is 5.91 Å². The largest absolute Gasteiger partial charge is 0.394 e. The van der Waals surface area contributed by atoms with Crippen LogP contribution >= 0.6 is 0 Å². The number of nitrogens with one attached hydrogen (secondary N) is 1. The molecule has 0 saturated heterocycles. The van der Waals surface area contributed by atoms with Gasteiger partial charge in [0.2, 0.25) is 0 Å². The van der Waals surface area contributed by atoms with Crippen molar-refractivity contribution in [3.05, 3.63) is 0 Å². The van der Waals surface area contributed by atoms with Crippen molar-refractivity contribution in [2.75, 3.05) is 66.0 Å². The van der Waals surface area contributed by atoms with E-state index in [4.69, 9.17) is 24.1 Å². The number of hydrogen-bond donors (Lipinski definition) is 6. The summed E-state index contributed by atoms with van der Waals surface area (Å²) in [4.78, 5) is 22.4. The number of Topliss-reactive ketones (excluding diaryl/α,β-unsaturated/α-hetero) is 1. The van der Waals surface area contributed by atoms with Crippen LogP contribution in [-0.4, -0.2) is 128 Å². The molecule has 0 aromatic heterocycles. The quantitative estimate of drug-likeness (QED) is 0.103. The molecular weight excluding hydrogens is 406 g/mol. The zero-order valence-corrected chi connectivity index (χ0v) is 17.3. The molecule has 6 N–H and O–H groups in total. The fourth-order valence-corrected chi connectivity index (χ4v) is 2.01. The van der Waals surface area contributed by atoms with Crippen molar-refractivity contribution in [1.29, 1.82) is 0 Å². The maximum atomic E-state index is 11.7. The van der Waals surface area contributed by atoms with E-state index in [0.29, 0.717) is 46.1 Å². The molecule has 0 bridgehead atoms. The topological polar surface area (TPSA) is 184 Å². The van der Waals surface area contributed by atoms with Crippen molar-refractivity contribution in [2.24, 2.45) is 0 Å². The Hall–Kier alpha value is -1.22. The summed E-state index contributed by atoms with van der Waals surface area (Å²) in [5.41, 5.74) is 0. The summed E-state index contributed by atoms with van der Waals surface area (Å²) < 4.78 is 21.0. The fourth-order valence-electron chi connectivity index (χ4n) is 2.01. The molecule has 0 fully saturated rings. The zero-order chi connectivity index (χ0) is 22.8. The van der Waals surface area contributed by atoms with Crippen LogP contribution < -0.4 is 5.32 Å². The first kappa shape index (κ1) is 28.8. The number of hydrogen-bond acceptors (Lipinski definition) is 11. The van der Waals surface area contributed by atoms with Gasteiger partial charge >= 0.3 is 0 Å². The average molecular weight is 441 g/mol. The van der Waals surface area contributed by atoms with E-state index >= 15 is 0 Å². The maximum Gasteiger partial charge on any atom is 0.251 e. The second-order valence-electron chi connectivity index (χ2n) is 6.37. The summed E-state index contributed by atoms with van der Waals surface area (Å²) in [7, 11) is 0. The van der Waals surface area contributed by atoms with Gasteiger partial charge in [-0.1, -0.05) is 0 Å². The highest BCUT2D eigenvalue weighted by Gasteiger charge is 2.33. The third-order valence-electron chi connectivity index (χ3n) is 3.78. The number of rotatable bonds is 20. The van der Waals surface area contributed by atoms with Gasteiger partial charge in [-0.2, -0.15) is 0 Å². The first-order valence-electron chi connectivity index (χ1n) is 9.72. The minimum absolute atomic E-state index is 0.0496. The van der Waals surface area contributed by atoms with Gasteiger partial charge in [-0.25, -0.2) is 0 Å². The van der Waals surface area contributed by atoms with Gasteiger partial charge in [-0.15, -0.1) is 0 Å². The van der Waals surface area contributed by atoms with Crippen LogP contribution in [0.4, 0.5) is 0 Å². The van der Waals surface area contributed by atoms with Gasteiger partial charge in [0.05, 0.1) is 59.5 Å². The lowest BCUT2D eigenvalue weighted by molar-refractivity contribution is -0.149. The van der Waals surface area contributed by atoms with E-state index < -0.39 is 36.9 Å². The molecule has 12 nitrogen and oxygen atoms in total. The van der Waals surface area contributed by atoms with Crippen molar-refractivity contribution < 1.29 is 54.1 Å². The Bertz CT molecular complexity index is 452. The van der Waals surface area contributed by atoms with Gasteiger partial charge in [0, 0.05) is 13.0 Å². The van der Waals surface area contributed by atoms with Gasteiger partial charge in [0.15, 0.2) is 6.10 Å². The summed E-state index contributed by atoms with van der Waals surface area (Å²) in [6.07, 6.45) is -7.07. The molecule has 0 aliphatic rings. The summed E-state index contributed by atoms with van der Waals surface area (Å²) in [5.74, 6) is -0.867. The lowest BCUT2D eigenvalue weighted by atomic mass is 10.0. The molecular formula is C18H35NO11. The van der Waals surface area contributed by atoms with Crippen molar-refractivity contribution in [3.8, 4) is 0 Å². The molecule has 0 aromatic rings. The Morgan fingerprint density at radius 3 is 1.70 bits per heavy atom. The Morgan fingerprint density at radius 1 is 0.767 bits per heavy atom. The molecule has 0 spiro atoms. The van der Waals surface area contributed by atoms with E-state index in [1.54, 1.807) is 0 Å². The molecule has 0 aliphatic carbocycles. The minimum atomic E-state index is -1.97. The molecule has 0 saturated carbocycles. The Morgan fingerprint density at radius 2 is 1.23 bits per heavy atom. The Balaban J connectivity index is 3.50. The molecule has 30 heavy (non-hydrogen) atoms. The normalized spacial score (nSPS) is 15.4. The predicted molar refractivity (Wildman–Crippen MR) is 103 cm³/mol. The number of ketones is 1. The molecule has 178 valence electrons. The van der Waals surface area contributed by atoms with Crippen molar-refractivity contribution in [3.63, 3.8) is 0 Å². The molecule has 0 radical (unpaired) electrons. The van der Waals surface area contributed by atoms with E-state index in [0.717, 1.165) is 0 Å². The van der Waals surface area contributed by atoms with Crippen molar-refractivity contribution >= 4 is 11.7 Å². The molecule has 4 atom stereocenters. The summed E-state index contributed by atoms with van der Waals surface area (Å²) in [6, 6.07) is 0. The van der Waals surface area contributed by atoms with E-state index in [1.165, 1.54) is 6.92 Å². The number of amides is 1. The van der Waals surface area contributed by atoms with Crippen LogP contribution in [0.15, 0.2) is 0 Å². The number of carbonyl (C=O) groups is 2. The number of aliphatic hydroxyl groups is 5. The lowest BCUT2D eigenvalue weighted by Crippen LogP contribution is -2.52. The van der Waals surface area contributed by atoms with Gasteiger partial charge in [-0.05, 0) is 6.92 Å². The lowest BCUT2D eigenvalue weighted by Gasteiger charge is -2.24. The number of carbonyl (C=O) groups excluding carboxylic acids is 2. The highest BCUT2D eigenvalue weighted by Crippen LogP contribution is 2.05. The smallest absolute Gasteiger partial charge is 0.251 e. The third kappa shape index (κ3) is 14.7. The van der Waals surface area contributed by atoms with Crippen LogP contribution in [0, 0.1) is 0 Å². The van der Waals surface area contributed by atoms with E-state index in [9.17, 15) is 30.0 Å². The summed E-state index contributed by atoms with van der Waals surface area (Å²) in [5, 5.41) is 48.8. The van der Waals surface area contributed by atoms with Gasteiger partial charge in [0.1, 0.15) is 24.1 Å². The molecule has 12 heteroatoms. The molecule has 0 rings (SSSR count). The highest BCUT2D eigenvalue weighted by molar-refractivity contribution is 5.81. The van der Waals surface area contributed by atoms with Crippen LogP contribution in [0.5, 0.6) is 0 Å². The van der Waals surface area contributed by atoms with Crippen LogP contribution in [0.1, 0.15) is 13.3 Å². The molecule has 0 aromatic carbocycles. The van der Waals surface area contributed by atoms with Crippen LogP contribution in [0.25, 0.3) is 0 Å². The second kappa shape index (κ2) is 18.5. The molecule has 0 unspecified atom stereocenters. The summed E-state index contributed by atoms with van der Waals surface area (Å²) in [6.45, 7) is 3.43. The monoisotopic (exact) mass is 441 g/mol. The summed E-state index contributed by atoms with van der Waals surface area (Å²) >= 11 is 0. The van der Waals surface area contributed by atoms with Crippen molar-refractivity contribution in [2.45, 2.75) is 37.8 Å². The predicted octanol–water partition coefficient (Wildman–Crippen LogP) is -3.42. The standard InChI is InChI=1S/C18H35NO11/c1-13(21)2-4-27-6-8-29-10-11-30-9-7-28-5-3-19-18(26)17(25)16(24)15(23)14(22)12-20/h14-17,20,22-25H,2-12H2,1H3,(H,19,26)/t14-,15-,16+,17-/m1/s1. The number of aliphatic hydroxyl groups excluding tert-OH is 5. The highest BCUT2D eigenvalue weighted by atomic mass is 16.6. The SMILES string of the molecule is CC(=O)CCOCCOCCOCCOCCNC(=O)[C@H](O)[C@@H](O)[C@H](O)[C@H](O)CO. The maximum absolute atomic E-state index is 11.7. The first-order valence-corrected chi connectivity index (χ1v) is 9.72. The molecule has 0 heterocycles. The zero-order valence-electron chi connectivity index (χ0n) is 17.3. The Kier molecular flexibility index (Phi) is 17.8. The fraction of sp³-hybridized carbons (Fsp3) is 0.889. The number of ether oxygens (including phenoxy) is 4. The second-order valence-corrected chi connectivity index (χ2v) is 6.37. The van der Waals surface area contributed by atoms with Crippen molar-refractivity contribution in [1.82, 2.24) is 5.32 Å². The van der Waals surface area contributed by atoms with Crippen LogP contribution in [0.2, 0.25) is 0 Å². The van der Waals surface area contributed by atoms with E-state index in [1.807, 2.05) is 0 Å². The average Bonchev–Trinajstić information content (AvgIpc) is 2.73. The molecule has 0 aliphatic heterocycles. The molecule has 1 amide bonds.